The summed E-state index contributed by atoms with van der Waals surface area (Å²) in [7, 11) is 0. The fourth-order valence-electron chi connectivity index (χ4n) is 1.08. The van der Waals surface area contributed by atoms with E-state index in [1.165, 1.54) is 0 Å². The van der Waals surface area contributed by atoms with Crippen molar-refractivity contribution in [1.82, 2.24) is 6.15 Å². The molecular weight excluding hydrogens is 202 g/mol. The van der Waals surface area contributed by atoms with Gasteiger partial charge in [-0.15, -0.1) is 0 Å². The van der Waals surface area contributed by atoms with Crippen LogP contribution < -0.4 is 6.15 Å². The molecule has 0 radical (unpaired) electrons. The lowest BCUT2D eigenvalue weighted by Gasteiger charge is -1.97. The van der Waals surface area contributed by atoms with Crippen molar-refractivity contribution in [3.8, 4) is 0 Å². The van der Waals surface area contributed by atoms with Crippen LogP contribution in [0.4, 0.5) is 0 Å². The van der Waals surface area contributed by atoms with Gasteiger partial charge in [0, 0.05) is 12.8 Å². The van der Waals surface area contributed by atoms with Gasteiger partial charge in [-0.05, 0) is 12.8 Å². The summed E-state index contributed by atoms with van der Waals surface area (Å²) in [5.74, 6) is -1.52. The van der Waals surface area contributed by atoms with Gasteiger partial charge in [0.15, 0.2) is 0 Å². The zero-order valence-corrected chi connectivity index (χ0v) is 8.87. The van der Waals surface area contributed by atoms with Crippen molar-refractivity contribution in [3.05, 3.63) is 0 Å². The van der Waals surface area contributed by atoms with E-state index in [1.54, 1.807) is 0 Å². The summed E-state index contributed by atoms with van der Waals surface area (Å²) in [6, 6.07) is 0. The summed E-state index contributed by atoms with van der Waals surface area (Å²) < 4.78 is 0. The van der Waals surface area contributed by atoms with Crippen LogP contribution in [0.3, 0.4) is 0 Å². The van der Waals surface area contributed by atoms with Crippen LogP contribution in [0, 0.1) is 0 Å². The van der Waals surface area contributed by atoms with Gasteiger partial charge in [-0.1, -0.05) is 19.3 Å². The van der Waals surface area contributed by atoms with Crippen LogP contribution in [0.1, 0.15) is 44.9 Å². The van der Waals surface area contributed by atoms with E-state index < -0.39 is 11.9 Å². The van der Waals surface area contributed by atoms with Gasteiger partial charge in [0.2, 0.25) is 0 Å². The Kier molecular flexibility index (Phi) is 16.7. The molecular formula is C9H21NO5. The second-order valence-corrected chi connectivity index (χ2v) is 3.06. The predicted molar refractivity (Wildman–Crippen MR) is 56.2 cm³/mol. The highest BCUT2D eigenvalue weighted by Crippen LogP contribution is 2.06. The van der Waals surface area contributed by atoms with Crippen molar-refractivity contribution in [2.24, 2.45) is 0 Å². The normalized spacial score (nSPS) is 8.53. The van der Waals surface area contributed by atoms with E-state index in [1.807, 2.05) is 0 Å². The van der Waals surface area contributed by atoms with Crippen LogP contribution in [0.2, 0.25) is 0 Å². The summed E-state index contributed by atoms with van der Waals surface area (Å²) in [6.45, 7) is 0. The third kappa shape index (κ3) is 19.3. The van der Waals surface area contributed by atoms with E-state index in [0.717, 1.165) is 19.3 Å². The number of rotatable bonds is 8. The van der Waals surface area contributed by atoms with Gasteiger partial charge in [-0.3, -0.25) is 9.59 Å². The number of unbranched alkanes of at least 4 members (excludes halogenated alkanes) is 4. The average molecular weight is 223 g/mol. The van der Waals surface area contributed by atoms with Crippen molar-refractivity contribution >= 4 is 11.9 Å². The third-order valence-corrected chi connectivity index (χ3v) is 1.78. The predicted octanol–water partition coefficient (Wildman–Crippen LogP) is 1.22. The standard InChI is InChI=1S/C9H16O4.H3N.H2O/c10-8(11)6-4-2-1-3-5-7-9(12)13;;/h1-7H2,(H,10,11)(H,12,13);1H3;1H2. The highest BCUT2D eigenvalue weighted by atomic mass is 16.4. The molecule has 0 bridgehead atoms. The molecule has 0 heterocycles. The second-order valence-electron chi connectivity index (χ2n) is 3.06. The zero-order chi connectivity index (χ0) is 10.1. The Morgan fingerprint density at radius 3 is 1.27 bits per heavy atom. The Labute approximate surface area is 89.2 Å². The van der Waals surface area contributed by atoms with Gasteiger partial charge in [0.25, 0.3) is 0 Å². The Bertz CT molecular complexity index is 154. The minimum atomic E-state index is -0.759. The molecule has 0 aromatic carbocycles. The molecule has 0 amide bonds. The molecule has 0 saturated heterocycles. The van der Waals surface area contributed by atoms with Gasteiger partial charge in [-0.25, -0.2) is 0 Å². The van der Waals surface area contributed by atoms with Gasteiger partial charge in [-0.2, -0.15) is 0 Å². The molecule has 0 rings (SSSR count). The molecule has 0 spiro atoms. The molecule has 6 heteroatoms. The van der Waals surface area contributed by atoms with E-state index in [4.69, 9.17) is 10.2 Å². The van der Waals surface area contributed by atoms with Crippen LogP contribution in [0.5, 0.6) is 0 Å². The Morgan fingerprint density at radius 1 is 0.733 bits per heavy atom. The van der Waals surface area contributed by atoms with E-state index in [9.17, 15) is 9.59 Å². The number of aliphatic carboxylic acids is 2. The summed E-state index contributed by atoms with van der Waals surface area (Å²) in [6.07, 6.45) is 4.53. The van der Waals surface area contributed by atoms with Crippen LogP contribution in [-0.4, -0.2) is 27.6 Å². The SMILES string of the molecule is N.O.O=C(O)CCCCCCCC(=O)O. The fourth-order valence-corrected chi connectivity index (χ4v) is 1.08. The van der Waals surface area contributed by atoms with Crippen LogP contribution in [0.15, 0.2) is 0 Å². The molecule has 6 nitrogen and oxygen atoms in total. The number of hydrogen-bond donors (Lipinski definition) is 3. The lowest BCUT2D eigenvalue weighted by Crippen LogP contribution is -1.95. The largest absolute Gasteiger partial charge is 0.481 e. The van der Waals surface area contributed by atoms with Crippen molar-refractivity contribution in [2.75, 3.05) is 0 Å². The molecule has 0 unspecified atom stereocenters. The number of carboxylic acid groups (broad SMARTS) is 2. The molecule has 0 saturated carbocycles. The van der Waals surface area contributed by atoms with Crippen molar-refractivity contribution in [1.29, 1.82) is 0 Å². The van der Waals surface area contributed by atoms with E-state index >= 15 is 0 Å². The molecule has 0 aromatic heterocycles. The molecule has 0 aliphatic rings. The first-order valence-electron chi connectivity index (χ1n) is 4.56. The summed E-state index contributed by atoms with van der Waals surface area (Å²) in [5.41, 5.74) is 0. The molecule has 0 aliphatic carbocycles. The maximum absolute atomic E-state index is 10.1. The molecule has 0 atom stereocenters. The first-order valence-corrected chi connectivity index (χ1v) is 4.56. The molecule has 92 valence electrons. The van der Waals surface area contributed by atoms with E-state index in [2.05, 4.69) is 0 Å². The topological polar surface area (TPSA) is 141 Å². The highest BCUT2D eigenvalue weighted by Gasteiger charge is 1.98. The highest BCUT2D eigenvalue weighted by molar-refractivity contribution is 5.66. The molecule has 0 fully saturated rings. The first kappa shape index (κ1) is 19.4. The molecule has 0 aromatic rings. The van der Waals surface area contributed by atoms with Crippen molar-refractivity contribution in [3.63, 3.8) is 0 Å². The summed E-state index contributed by atoms with van der Waals surface area (Å²) in [5, 5.41) is 16.6. The lowest BCUT2D eigenvalue weighted by molar-refractivity contribution is -0.138. The maximum Gasteiger partial charge on any atom is 0.303 e. The van der Waals surface area contributed by atoms with Crippen molar-refractivity contribution < 1.29 is 25.3 Å². The quantitative estimate of drug-likeness (QED) is 0.530. The Morgan fingerprint density at radius 2 is 1.00 bits per heavy atom. The molecule has 0 aliphatic heterocycles. The molecule has 15 heavy (non-hydrogen) atoms. The second kappa shape index (κ2) is 12.9. The lowest BCUT2D eigenvalue weighted by atomic mass is 10.1. The smallest absolute Gasteiger partial charge is 0.303 e. The maximum atomic E-state index is 10.1. The Balaban J connectivity index is -0.000000720. The minimum Gasteiger partial charge on any atom is -0.481 e. The van der Waals surface area contributed by atoms with Crippen molar-refractivity contribution in [2.45, 2.75) is 44.9 Å². The average Bonchev–Trinajstić information content (AvgIpc) is 2.01. The van der Waals surface area contributed by atoms with Crippen LogP contribution >= 0.6 is 0 Å². The minimum absolute atomic E-state index is 0. The number of carboxylic acids is 2. The first-order chi connectivity index (χ1) is 6.13. The van der Waals surface area contributed by atoms with Gasteiger partial charge in [0.1, 0.15) is 0 Å². The van der Waals surface area contributed by atoms with Crippen LogP contribution in [-0.2, 0) is 9.59 Å². The Hall–Kier alpha value is -1.14. The van der Waals surface area contributed by atoms with Gasteiger partial charge < -0.3 is 21.8 Å². The van der Waals surface area contributed by atoms with Gasteiger partial charge in [0.05, 0.1) is 0 Å². The van der Waals surface area contributed by atoms with E-state index in [0.29, 0.717) is 12.8 Å². The summed E-state index contributed by atoms with van der Waals surface area (Å²) in [4.78, 5) is 20.2. The summed E-state index contributed by atoms with van der Waals surface area (Å²) >= 11 is 0. The van der Waals surface area contributed by atoms with Gasteiger partial charge >= 0.3 is 11.9 Å². The third-order valence-electron chi connectivity index (χ3n) is 1.78. The number of carbonyl (C=O) groups is 2. The molecule has 7 N–H and O–H groups in total. The number of hydrogen-bond acceptors (Lipinski definition) is 3. The zero-order valence-electron chi connectivity index (χ0n) is 8.87. The van der Waals surface area contributed by atoms with Crippen LogP contribution in [0.25, 0.3) is 0 Å². The monoisotopic (exact) mass is 223 g/mol. The van der Waals surface area contributed by atoms with E-state index in [-0.39, 0.29) is 24.5 Å². The fraction of sp³-hybridized carbons (Fsp3) is 0.778.